The van der Waals surface area contributed by atoms with E-state index in [2.05, 4.69) is 29.5 Å². The van der Waals surface area contributed by atoms with Gasteiger partial charge in [-0.2, -0.15) is 0 Å². The first-order valence-electron chi connectivity index (χ1n) is 7.37. The monoisotopic (exact) mass is 253 g/mol. The zero-order valence-corrected chi connectivity index (χ0v) is 11.7. The first kappa shape index (κ1) is 13.8. The van der Waals surface area contributed by atoms with Gasteiger partial charge in [0.1, 0.15) is 0 Å². The number of carbonyl (C=O) groups excluding carboxylic acids is 1. The van der Waals surface area contributed by atoms with E-state index in [4.69, 9.17) is 0 Å². The van der Waals surface area contributed by atoms with Crippen LogP contribution in [0.3, 0.4) is 0 Å². The second-order valence-electron chi connectivity index (χ2n) is 6.00. The van der Waals surface area contributed by atoms with Crippen LogP contribution >= 0.6 is 0 Å². The molecule has 1 aliphatic heterocycles. The Balaban J connectivity index is 1.73. The van der Waals surface area contributed by atoms with Crippen LogP contribution in [0.5, 0.6) is 0 Å². The molecule has 0 bridgehead atoms. The minimum absolute atomic E-state index is 0.197. The first-order valence-corrected chi connectivity index (χ1v) is 7.37. The Morgan fingerprint density at radius 2 is 2.11 bits per heavy atom. The van der Waals surface area contributed by atoms with Gasteiger partial charge in [-0.3, -0.25) is 9.69 Å². The van der Waals surface area contributed by atoms with Crippen molar-refractivity contribution in [1.82, 2.24) is 15.5 Å². The van der Waals surface area contributed by atoms with Gasteiger partial charge in [-0.05, 0) is 38.8 Å². The Hall–Kier alpha value is -0.610. The molecule has 4 nitrogen and oxygen atoms in total. The lowest BCUT2D eigenvalue weighted by Crippen LogP contribution is -2.47. The summed E-state index contributed by atoms with van der Waals surface area (Å²) >= 11 is 0. The van der Waals surface area contributed by atoms with E-state index in [0.29, 0.717) is 24.5 Å². The van der Waals surface area contributed by atoms with E-state index in [1.165, 1.54) is 19.3 Å². The summed E-state index contributed by atoms with van der Waals surface area (Å²) in [7, 11) is 2.06. The number of nitrogens with one attached hydrogen (secondary N) is 2. The lowest BCUT2D eigenvalue weighted by Gasteiger charge is -2.31. The second kappa shape index (κ2) is 6.53. The maximum absolute atomic E-state index is 12.1. The molecule has 3 unspecified atom stereocenters. The van der Waals surface area contributed by atoms with E-state index >= 15 is 0 Å². The van der Waals surface area contributed by atoms with Crippen LogP contribution < -0.4 is 10.6 Å². The van der Waals surface area contributed by atoms with Crippen LogP contribution in [0, 0.1) is 5.92 Å². The molecule has 4 heteroatoms. The third-order valence-electron chi connectivity index (χ3n) is 4.51. The van der Waals surface area contributed by atoms with Gasteiger partial charge in [0.25, 0.3) is 0 Å². The van der Waals surface area contributed by atoms with Crippen molar-refractivity contribution in [1.29, 1.82) is 0 Å². The Kier molecular flexibility index (Phi) is 5.01. The topological polar surface area (TPSA) is 44.4 Å². The molecule has 2 N–H and O–H groups in total. The minimum atomic E-state index is 0.197. The van der Waals surface area contributed by atoms with E-state index < -0.39 is 0 Å². The van der Waals surface area contributed by atoms with Crippen LogP contribution in [0.2, 0.25) is 0 Å². The normalized spacial score (nSPS) is 32.7. The van der Waals surface area contributed by atoms with E-state index in [1.54, 1.807) is 0 Å². The number of carbonyl (C=O) groups is 1. The summed E-state index contributed by atoms with van der Waals surface area (Å²) in [6.45, 7) is 4.89. The van der Waals surface area contributed by atoms with Gasteiger partial charge in [0.2, 0.25) is 5.91 Å². The van der Waals surface area contributed by atoms with Gasteiger partial charge >= 0.3 is 0 Å². The molecule has 0 spiro atoms. The molecule has 3 atom stereocenters. The van der Waals surface area contributed by atoms with Gasteiger partial charge in [-0.25, -0.2) is 0 Å². The number of hydrogen-bond donors (Lipinski definition) is 2. The summed E-state index contributed by atoms with van der Waals surface area (Å²) in [5.74, 6) is 0.837. The Bertz CT molecular complexity index is 276. The van der Waals surface area contributed by atoms with Crippen molar-refractivity contribution in [3.8, 4) is 0 Å². The van der Waals surface area contributed by atoms with Crippen molar-refractivity contribution in [2.24, 2.45) is 5.92 Å². The van der Waals surface area contributed by atoms with Crippen LogP contribution in [-0.2, 0) is 4.79 Å². The second-order valence-corrected chi connectivity index (χ2v) is 6.00. The van der Waals surface area contributed by atoms with Crippen LogP contribution in [0.15, 0.2) is 0 Å². The van der Waals surface area contributed by atoms with E-state index in [-0.39, 0.29) is 5.91 Å². The number of likely N-dealkylation sites (N-methyl/N-ethyl adjacent to an activating group) is 1. The molecular formula is C14H27N3O. The Morgan fingerprint density at radius 1 is 1.33 bits per heavy atom. The maximum atomic E-state index is 12.1. The quantitative estimate of drug-likeness (QED) is 0.785. The molecule has 0 aromatic carbocycles. The van der Waals surface area contributed by atoms with Crippen molar-refractivity contribution in [3.05, 3.63) is 0 Å². The smallest absolute Gasteiger partial charge is 0.234 e. The van der Waals surface area contributed by atoms with Crippen LogP contribution in [-0.4, -0.2) is 49.6 Å². The van der Waals surface area contributed by atoms with E-state index in [1.807, 2.05) is 0 Å². The average molecular weight is 253 g/mol. The molecule has 1 saturated carbocycles. The third kappa shape index (κ3) is 3.69. The highest BCUT2D eigenvalue weighted by Crippen LogP contribution is 2.23. The van der Waals surface area contributed by atoms with Gasteiger partial charge in [0, 0.05) is 18.6 Å². The SMILES string of the molecule is CC1CCCCC1NC(=O)CN(C)C1CCNC1. The van der Waals surface area contributed by atoms with Gasteiger partial charge in [-0.15, -0.1) is 0 Å². The van der Waals surface area contributed by atoms with Crippen LogP contribution in [0.1, 0.15) is 39.0 Å². The summed E-state index contributed by atoms with van der Waals surface area (Å²) in [6, 6.07) is 0.931. The summed E-state index contributed by atoms with van der Waals surface area (Å²) in [5, 5.41) is 6.56. The van der Waals surface area contributed by atoms with Crippen molar-refractivity contribution < 1.29 is 4.79 Å². The summed E-state index contributed by atoms with van der Waals surface area (Å²) in [6.07, 6.45) is 6.15. The molecule has 0 aromatic heterocycles. The molecule has 2 fully saturated rings. The molecule has 1 saturated heterocycles. The summed E-state index contributed by atoms with van der Waals surface area (Å²) in [4.78, 5) is 14.2. The molecule has 18 heavy (non-hydrogen) atoms. The van der Waals surface area contributed by atoms with Gasteiger partial charge < -0.3 is 10.6 Å². The van der Waals surface area contributed by atoms with Gasteiger partial charge in [-0.1, -0.05) is 19.8 Å². The lowest BCUT2D eigenvalue weighted by atomic mass is 9.86. The Morgan fingerprint density at radius 3 is 2.78 bits per heavy atom. The standard InChI is InChI=1S/C14H27N3O/c1-11-5-3-4-6-13(11)16-14(18)10-17(2)12-7-8-15-9-12/h11-13,15H,3-10H2,1-2H3,(H,16,18). The number of nitrogens with zero attached hydrogens (tertiary/aromatic N) is 1. The fourth-order valence-electron chi connectivity index (χ4n) is 3.15. The number of rotatable bonds is 4. The molecule has 1 heterocycles. The predicted molar refractivity (Wildman–Crippen MR) is 73.5 cm³/mol. The number of amides is 1. The van der Waals surface area contributed by atoms with Gasteiger partial charge in [0.05, 0.1) is 6.54 Å². The highest BCUT2D eigenvalue weighted by atomic mass is 16.2. The summed E-state index contributed by atoms with van der Waals surface area (Å²) < 4.78 is 0. The molecule has 0 radical (unpaired) electrons. The van der Waals surface area contributed by atoms with Crippen LogP contribution in [0.25, 0.3) is 0 Å². The Labute approximate surface area is 110 Å². The minimum Gasteiger partial charge on any atom is -0.352 e. The highest BCUT2D eigenvalue weighted by Gasteiger charge is 2.25. The van der Waals surface area contributed by atoms with Crippen LogP contribution in [0.4, 0.5) is 0 Å². The fraction of sp³-hybridized carbons (Fsp3) is 0.929. The summed E-state index contributed by atoms with van der Waals surface area (Å²) in [5.41, 5.74) is 0. The molecule has 104 valence electrons. The molecule has 2 aliphatic rings. The van der Waals surface area contributed by atoms with E-state index in [9.17, 15) is 4.79 Å². The zero-order chi connectivity index (χ0) is 13.0. The average Bonchev–Trinajstić information content (AvgIpc) is 2.85. The highest BCUT2D eigenvalue weighted by molar-refractivity contribution is 5.78. The first-order chi connectivity index (χ1) is 8.66. The lowest BCUT2D eigenvalue weighted by molar-refractivity contribution is -0.123. The van der Waals surface area contributed by atoms with Crippen molar-refractivity contribution >= 4 is 5.91 Å². The van der Waals surface area contributed by atoms with E-state index in [0.717, 1.165) is 25.9 Å². The predicted octanol–water partition coefficient (Wildman–Crippen LogP) is 0.975. The van der Waals surface area contributed by atoms with Crippen molar-refractivity contribution in [3.63, 3.8) is 0 Å². The van der Waals surface area contributed by atoms with Gasteiger partial charge in [0.15, 0.2) is 0 Å². The third-order valence-corrected chi connectivity index (χ3v) is 4.51. The zero-order valence-electron chi connectivity index (χ0n) is 11.7. The molecule has 2 rings (SSSR count). The molecule has 1 amide bonds. The maximum Gasteiger partial charge on any atom is 0.234 e. The largest absolute Gasteiger partial charge is 0.352 e. The van der Waals surface area contributed by atoms with Crippen molar-refractivity contribution in [2.75, 3.05) is 26.7 Å². The molecule has 0 aromatic rings. The van der Waals surface area contributed by atoms with Crippen molar-refractivity contribution in [2.45, 2.75) is 51.1 Å². The fourth-order valence-corrected chi connectivity index (χ4v) is 3.15. The molecular weight excluding hydrogens is 226 g/mol. The number of hydrogen-bond acceptors (Lipinski definition) is 3. The molecule has 1 aliphatic carbocycles.